The van der Waals surface area contributed by atoms with Crippen LogP contribution >= 0.6 is 0 Å². The second-order valence-electron chi connectivity index (χ2n) is 6.98. The first-order valence-corrected chi connectivity index (χ1v) is 9.76. The number of para-hydroxylation sites is 1. The Hall–Kier alpha value is -3.58. The Balaban J connectivity index is 1.89. The van der Waals surface area contributed by atoms with Gasteiger partial charge in [0.05, 0.1) is 0 Å². The highest BCUT2D eigenvalue weighted by Gasteiger charge is 2.15. The predicted molar refractivity (Wildman–Crippen MR) is 116 cm³/mol. The Bertz CT molecular complexity index is 1090. The Kier molecular flexibility index (Phi) is 6.31. The van der Waals surface area contributed by atoms with Crippen LogP contribution in [0.1, 0.15) is 35.0 Å². The standard InChI is InChI=1S/C25H25N3O/c1-4-21-12-8-9-13-24(21)28-18(2)14-22(19(28)3)15-23(16-26)25(29)27-17-20-10-6-5-7-11-20/h5-15H,4,17H2,1-3H3,(H,27,29)/b23-15-. The van der Waals surface area contributed by atoms with Crippen molar-refractivity contribution >= 4 is 12.0 Å². The van der Waals surface area contributed by atoms with Gasteiger partial charge in [0, 0.05) is 23.6 Å². The van der Waals surface area contributed by atoms with Gasteiger partial charge in [0.2, 0.25) is 0 Å². The third-order valence-corrected chi connectivity index (χ3v) is 5.04. The summed E-state index contributed by atoms with van der Waals surface area (Å²) in [5, 5.41) is 12.4. The number of aryl methyl sites for hydroxylation is 2. The molecule has 0 bridgehead atoms. The normalized spacial score (nSPS) is 11.2. The molecule has 4 heteroatoms. The summed E-state index contributed by atoms with van der Waals surface area (Å²) in [4.78, 5) is 12.5. The van der Waals surface area contributed by atoms with Gasteiger partial charge in [-0.15, -0.1) is 0 Å². The number of amides is 1. The Labute approximate surface area is 172 Å². The zero-order chi connectivity index (χ0) is 20.8. The van der Waals surface area contributed by atoms with E-state index >= 15 is 0 Å². The fourth-order valence-electron chi connectivity index (χ4n) is 3.51. The third kappa shape index (κ3) is 4.47. The van der Waals surface area contributed by atoms with Crippen molar-refractivity contribution < 1.29 is 4.79 Å². The first-order chi connectivity index (χ1) is 14.0. The maximum atomic E-state index is 12.5. The van der Waals surface area contributed by atoms with Crippen molar-refractivity contribution in [3.63, 3.8) is 0 Å². The van der Waals surface area contributed by atoms with Crippen LogP contribution in [0.3, 0.4) is 0 Å². The maximum Gasteiger partial charge on any atom is 0.262 e. The van der Waals surface area contributed by atoms with Crippen LogP contribution in [0.25, 0.3) is 11.8 Å². The molecule has 1 amide bonds. The molecule has 29 heavy (non-hydrogen) atoms. The molecule has 0 radical (unpaired) electrons. The van der Waals surface area contributed by atoms with Crippen LogP contribution in [0, 0.1) is 25.2 Å². The van der Waals surface area contributed by atoms with E-state index in [0.717, 1.165) is 34.6 Å². The first kappa shape index (κ1) is 20.2. The zero-order valence-corrected chi connectivity index (χ0v) is 17.1. The minimum atomic E-state index is -0.366. The van der Waals surface area contributed by atoms with Crippen LogP contribution in [0.4, 0.5) is 0 Å². The third-order valence-electron chi connectivity index (χ3n) is 5.04. The lowest BCUT2D eigenvalue weighted by atomic mass is 10.1. The fraction of sp³-hybridized carbons (Fsp3) is 0.200. The van der Waals surface area contributed by atoms with E-state index in [2.05, 4.69) is 28.9 Å². The molecule has 3 aromatic rings. The Morgan fingerprint density at radius 1 is 1.10 bits per heavy atom. The van der Waals surface area contributed by atoms with Gasteiger partial charge in [0.15, 0.2) is 0 Å². The highest BCUT2D eigenvalue weighted by molar-refractivity contribution is 6.01. The summed E-state index contributed by atoms with van der Waals surface area (Å²) in [6.07, 6.45) is 2.61. The average molecular weight is 383 g/mol. The minimum absolute atomic E-state index is 0.102. The van der Waals surface area contributed by atoms with Crippen LogP contribution in [0.5, 0.6) is 0 Å². The average Bonchev–Trinajstić information content (AvgIpc) is 3.03. The number of rotatable bonds is 6. The summed E-state index contributed by atoms with van der Waals surface area (Å²) >= 11 is 0. The molecule has 4 nitrogen and oxygen atoms in total. The molecular weight excluding hydrogens is 358 g/mol. The fourth-order valence-corrected chi connectivity index (χ4v) is 3.51. The highest BCUT2D eigenvalue weighted by Crippen LogP contribution is 2.25. The zero-order valence-electron chi connectivity index (χ0n) is 17.1. The van der Waals surface area contributed by atoms with Gasteiger partial charge in [-0.3, -0.25) is 4.79 Å². The number of benzene rings is 2. The monoisotopic (exact) mass is 383 g/mol. The summed E-state index contributed by atoms with van der Waals surface area (Å²) in [5.74, 6) is -0.366. The van der Waals surface area contributed by atoms with Gasteiger partial charge in [-0.05, 0) is 55.2 Å². The maximum absolute atomic E-state index is 12.5. The predicted octanol–water partition coefficient (Wildman–Crippen LogP) is 4.88. The second-order valence-corrected chi connectivity index (χ2v) is 6.98. The molecular formula is C25H25N3O. The number of nitrogens with zero attached hydrogens (tertiary/aromatic N) is 2. The molecule has 0 saturated heterocycles. The van der Waals surface area contributed by atoms with Crippen LogP contribution in [0.2, 0.25) is 0 Å². The molecule has 1 heterocycles. The number of hydrogen-bond acceptors (Lipinski definition) is 2. The minimum Gasteiger partial charge on any atom is -0.347 e. The molecule has 146 valence electrons. The summed E-state index contributed by atoms with van der Waals surface area (Å²) in [7, 11) is 0. The summed E-state index contributed by atoms with van der Waals surface area (Å²) in [5.41, 5.74) is 6.43. The van der Waals surface area contributed by atoms with Crippen molar-refractivity contribution in [2.75, 3.05) is 0 Å². The molecule has 3 rings (SSSR count). The van der Waals surface area contributed by atoms with Crippen LogP contribution in [-0.2, 0) is 17.8 Å². The molecule has 2 aromatic carbocycles. The first-order valence-electron chi connectivity index (χ1n) is 9.76. The Morgan fingerprint density at radius 3 is 2.48 bits per heavy atom. The van der Waals surface area contributed by atoms with Gasteiger partial charge in [-0.25, -0.2) is 0 Å². The van der Waals surface area contributed by atoms with E-state index < -0.39 is 0 Å². The molecule has 0 fully saturated rings. The van der Waals surface area contributed by atoms with Crippen molar-refractivity contribution in [1.82, 2.24) is 9.88 Å². The number of aromatic nitrogens is 1. The van der Waals surface area contributed by atoms with Crippen LogP contribution in [0.15, 0.2) is 66.2 Å². The lowest BCUT2D eigenvalue weighted by Gasteiger charge is -2.14. The Morgan fingerprint density at radius 2 is 1.79 bits per heavy atom. The summed E-state index contributed by atoms with van der Waals surface area (Å²) in [6, 6.07) is 22.0. The van der Waals surface area contributed by atoms with E-state index in [9.17, 15) is 10.1 Å². The molecule has 0 atom stereocenters. The lowest BCUT2D eigenvalue weighted by molar-refractivity contribution is -0.117. The van der Waals surface area contributed by atoms with E-state index in [-0.39, 0.29) is 11.5 Å². The number of carbonyl (C=O) groups excluding carboxylic acids is 1. The lowest BCUT2D eigenvalue weighted by Crippen LogP contribution is -2.23. The van der Waals surface area contributed by atoms with Crippen LogP contribution < -0.4 is 5.32 Å². The van der Waals surface area contributed by atoms with Crippen molar-refractivity contribution in [2.24, 2.45) is 0 Å². The smallest absolute Gasteiger partial charge is 0.262 e. The van der Waals surface area contributed by atoms with Gasteiger partial charge in [-0.1, -0.05) is 55.5 Å². The van der Waals surface area contributed by atoms with Gasteiger partial charge in [-0.2, -0.15) is 5.26 Å². The molecule has 1 aromatic heterocycles. The van der Waals surface area contributed by atoms with Gasteiger partial charge < -0.3 is 9.88 Å². The molecule has 0 aliphatic heterocycles. The molecule has 0 saturated carbocycles. The van der Waals surface area contributed by atoms with E-state index in [4.69, 9.17) is 0 Å². The topological polar surface area (TPSA) is 57.8 Å². The van der Waals surface area contributed by atoms with E-state index in [1.807, 2.05) is 68.4 Å². The van der Waals surface area contributed by atoms with Gasteiger partial charge >= 0.3 is 0 Å². The molecule has 0 spiro atoms. The van der Waals surface area contributed by atoms with E-state index in [0.29, 0.717) is 6.54 Å². The number of nitriles is 1. The summed E-state index contributed by atoms with van der Waals surface area (Å²) in [6.45, 7) is 6.58. The van der Waals surface area contributed by atoms with Crippen molar-refractivity contribution in [3.05, 3.63) is 94.3 Å². The van der Waals surface area contributed by atoms with Crippen LogP contribution in [-0.4, -0.2) is 10.5 Å². The highest BCUT2D eigenvalue weighted by atomic mass is 16.1. The second kappa shape index (κ2) is 9.07. The summed E-state index contributed by atoms with van der Waals surface area (Å²) < 4.78 is 2.18. The number of hydrogen-bond donors (Lipinski definition) is 1. The van der Waals surface area contributed by atoms with Gasteiger partial charge in [0.1, 0.15) is 11.6 Å². The molecule has 0 aliphatic carbocycles. The molecule has 0 unspecified atom stereocenters. The van der Waals surface area contributed by atoms with Gasteiger partial charge in [0.25, 0.3) is 5.91 Å². The number of nitrogens with one attached hydrogen (secondary N) is 1. The van der Waals surface area contributed by atoms with Crippen molar-refractivity contribution in [2.45, 2.75) is 33.7 Å². The van der Waals surface area contributed by atoms with E-state index in [1.165, 1.54) is 5.56 Å². The van der Waals surface area contributed by atoms with Crippen molar-refractivity contribution in [3.8, 4) is 11.8 Å². The van der Waals surface area contributed by atoms with Crippen molar-refractivity contribution in [1.29, 1.82) is 5.26 Å². The quantitative estimate of drug-likeness (QED) is 0.487. The molecule has 0 aliphatic rings. The molecule has 1 N–H and O–H groups in total. The largest absolute Gasteiger partial charge is 0.347 e. The van der Waals surface area contributed by atoms with E-state index in [1.54, 1.807) is 6.08 Å². The SMILES string of the molecule is CCc1ccccc1-n1c(C)cc(/C=C(/C#N)C(=O)NCc2ccccc2)c1C. The number of carbonyl (C=O) groups is 1.